The quantitative estimate of drug-likeness (QED) is 0.422. The number of ether oxygens (including phenoxy) is 2. The van der Waals surface area contributed by atoms with E-state index in [4.69, 9.17) is 21.1 Å². The first-order chi connectivity index (χ1) is 14.5. The zero-order valence-electron chi connectivity index (χ0n) is 16.6. The summed E-state index contributed by atoms with van der Waals surface area (Å²) >= 11 is 5.88. The Morgan fingerprint density at radius 3 is 2.57 bits per heavy atom. The Kier molecular flexibility index (Phi) is 6.93. The number of carbonyl (C=O) groups excluding carboxylic acids is 1. The monoisotopic (exact) mass is 424 g/mol. The van der Waals surface area contributed by atoms with E-state index in [1.807, 2.05) is 36.4 Å². The summed E-state index contributed by atoms with van der Waals surface area (Å²) in [6, 6.07) is 19.4. The highest BCUT2D eigenvalue weighted by molar-refractivity contribution is 6.31. The molecule has 0 radical (unpaired) electrons. The average Bonchev–Trinajstić information content (AvgIpc) is 2.78. The summed E-state index contributed by atoms with van der Waals surface area (Å²) in [6.45, 7) is 2.17. The first-order valence-corrected chi connectivity index (χ1v) is 9.54. The Balaban J connectivity index is 1.71. The summed E-state index contributed by atoms with van der Waals surface area (Å²) in [4.78, 5) is 12.3. The first kappa shape index (κ1) is 21.2. The van der Waals surface area contributed by atoms with Gasteiger partial charge in [-0.2, -0.15) is 5.10 Å². The van der Waals surface area contributed by atoms with E-state index in [0.717, 1.165) is 11.1 Å². The molecule has 0 saturated carbocycles. The van der Waals surface area contributed by atoms with Crippen molar-refractivity contribution in [2.75, 3.05) is 7.11 Å². The molecule has 0 spiro atoms. The molecule has 6 nitrogen and oxygen atoms in total. The fourth-order valence-corrected chi connectivity index (χ4v) is 2.87. The lowest BCUT2D eigenvalue weighted by atomic mass is 10.1. The third kappa shape index (κ3) is 5.30. The van der Waals surface area contributed by atoms with Crippen LogP contribution in [0, 0.1) is 0 Å². The second kappa shape index (κ2) is 9.80. The van der Waals surface area contributed by atoms with E-state index < -0.39 is 5.91 Å². The van der Waals surface area contributed by atoms with Crippen molar-refractivity contribution < 1.29 is 19.4 Å². The maximum atomic E-state index is 12.3. The number of hydrogen-bond donors (Lipinski definition) is 2. The van der Waals surface area contributed by atoms with Gasteiger partial charge < -0.3 is 14.6 Å². The van der Waals surface area contributed by atoms with Gasteiger partial charge in [0.05, 0.1) is 18.4 Å². The number of halogens is 1. The van der Waals surface area contributed by atoms with Crippen molar-refractivity contribution in [1.29, 1.82) is 0 Å². The largest absolute Gasteiger partial charge is 0.507 e. The summed E-state index contributed by atoms with van der Waals surface area (Å²) in [7, 11) is 1.56. The molecule has 0 fully saturated rings. The summed E-state index contributed by atoms with van der Waals surface area (Å²) in [5.74, 6) is 0.415. The second-order valence-corrected chi connectivity index (χ2v) is 6.88. The van der Waals surface area contributed by atoms with Crippen LogP contribution in [0.1, 0.15) is 28.4 Å². The normalized spacial score (nSPS) is 11.1. The SMILES string of the molecule is COc1cc(/C(C)=N\NC(=O)c2cc(Cl)ccc2O)ccc1OCc1ccccc1. The van der Waals surface area contributed by atoms with Crippen LogP contribution in [0.25, 0.3) is 0 Å². The molecule has 2 N–H and O–H groups in total. The minimum absolute atomic E-state index is 0.0429. The van der Waals surface area contributed by atoms with Gasteiger partial charge in [-0.05, 0) is 48.9 Å². The van der Waals surface area contributed by atoms with Gasteiger partial charge in [-0.25, -0.2) is 5.43 Å². The molecule has 3 rings (SSSR count). The molecule has 0 aliphatic carbocycles. The lowest BCUT2D eigenvalue weighted by Crippen LogP contribution is -2.19. The van der Waals surface area contributed by atoms with Crippen molar-refractivity contribution in [3.05, 3.63) is 88.4 Å². The topological polar surface area (TPSA) is 80.2 Å². The molecule has 3 aromatic carbocycles. The second-order valence-electron chi connectivity index (χ2n) is 6.44. The summed E-state index contributed by atoms with van der Waals surface area (Å²) in [5.41, 5.74) is 4.81. The average molecular weight is 425 g/mol. The molecule has 0 atom stereocenters. The van der Waals surface area contributed by atoms with Crippen LogP contribution in [0.3, 0.4) is 0 Å². The van der Waals surface area contributed by atoms with E-state index in [1.165, 1.54) is 18.2 Å². The van der Waals surface area contributed by atoms with Gasteiger partial charge in [0.1, 0.15) is 12.4 Å². The number of amides is 1. The minimum Gasteiger partial charge on any atom is -0.507 e. The molecule has 0 aliphatic heterocycles. The molecule has 0 heterocycles. The molecule has 0 bridgehead atoms. The summed E-state index contributed by atoms with van der Waals surface area (Å²) < 4.78 is 11.3. The first-order valence-electron chi connectivity index (χ1n) is 9.16. The Labute approximate surface area is 179 Å². The number of carbonyl (C=O) groups is 1. The Morgan fingerprint density at radius 1 is 1.07 bits per heavy atom. The third-order valence-electron chi connectivity index (χ3n) is 4.35. The lowest BCUT2D eigenvalue weighted by molar-refractivity contribution is 0.0952. The number of benzene rings is 3. The molecular formula is C23H21ClN2O4. The molecule has 0 aliphatic rings. The smallest absolute Gasteiger partial charge is 0.275 e. The molecule has 3 aromatic rings. The molecule has 1 amide bonds. The third-order valence-corrected chi connectivity index (χ3v) is 4.58. The maximum Gasteiger partial charge on any atom is 0.275 e. The van der Waals surface area contributed by atoms with Crippen LogP contribution in [0.4, 0.5) is 0 Å². The van der Waals surface area contributed by atoms with Gasteiger partial charge in [0, 0.05) is 10.6 Å². The molecule has 30 heavy (non-hydrogen) atoms. The number of phenols is 1. The highest BCUT2D eigenvalue weighted by Crippen LogP contribution is 2.29. The Bertz CT molecular complexity index is 1070. The number of hydrogen-bond acceptors (Lipinski definition) is 5. The van der Waals surface area contributed by atoms with Crippen molar-refractivity contribution >= 4 is 23.2 Å². The van der Waals surface area contributed by atoms with Crippen molar-refractivity contribution in [3.8, 4) is 17.2 Å². The van der Waals surface area contributed by atoms with E-state index in [1.54, 1.807) is 26.2 Å². The Morgan fingerprint density at radius 2 is 1.83 bits per heavy atom. The van der Waals surface area contributed by atoms with Crippen LogP contribution < -0.4 is 14.9 Å². The number of nitrogens with zero attached hydrogens (tertiary/aromatic N) is 1. The van der Waals surface area contributed by atoms with Gasteiger partial charge in [0.15, 0.2) is 11.5 Å². The van der Waals surface area contributed by atoms with E-state index >= 15 is 0 Å². The number of rotatable bonds is 7. The van der Waals surface area contributed by atoms with Crippen molar-refractivity contribution in [2.45, 2.75) is 13.5 Å². The van der Waals surface area contributed by atoms with Gasteiger partial charge in [0.2, 0.25) is 0 Å². The van der Waals surface area contributed by atoms with Crippen LogP contribution in [0.2, 0.25) is 5.02 Å². The molecule has 154 valence electrons. The van der Waals surface area contributed by atoms with Gasteiger partial charge in [-0.3, -0.25) is 4.79 Å². The standard InChI is InChI=1S/C23H21ClN2O4/c1-15(25-26-23(28)19-13-18(24)9-10-20(19)27)17-8-11-21(22(12-17)29-2)30-14-16-6-4-3-5-7-16/h3-13,27H,14H2,1-2H3,(H,26,28)/b25-15-. The van der Waals surface area contributed by atoms with E-state index in [0.29, 0.717) is 28.8 Å². The molecule has 0 aromatic heterocycles. The molecule has 0 unspecified atom stereocenters. The summed E-state index contributed by atoms with van der Waals surface area (Å²) in [6.07, 6.45) is 0. The van der Waals surface area contributed by atoms with Crippen LogP contribution in [0.15, 0.2) is 71.8 Å². The highest BCUT2D eigenvalue weighted by Gasteiger charge is 2.12. The van der Waals surface area contributed by atoms with Crippen molar-refractivity contribution in [3.63, 3.8) is 0 Å². The number of phenolic OH excluding ortho intramolecular Hbond substituents is 1. The van der Waals surface area contributed by atoms with Crippen LogP contribution in [-0.4, -0.2) is 23.8 Å². The van der Waals surface area contributed by atoms with Crippen LogP contribution >= 0.6 is 11.6 Å². The molecule has 0 saturated heterocycles. The van der Waals surface area contributed by atoms with Gasteiger partial charge >= 0.3 is 0 Å². The van der Waals surface area contributed by atoms with Gasteiger partial charge in [0.25, 0.3) is 5.91 Å². The number of methoxy groups -OCH3 is 1. The van der Waals surface area contributed by atoms with Gasteiger partial charge in [-0.1, -0.05) is 41.9 Å². The number of nitrogens with one attached hydrogen (secondary N) is 1. The molecular weight excluding hydrogens is 404 g/mol. The van der Waals surface area contributed by atoms with Crippen LogP contribution in [-0.2, 0) is 6.61 Å². The van der Waals surface area contributed by atoms with Crippen molar-refractivity contribution in [1.82, 2.24) is 5.43 Å². The molecule has 7 heteroatoms. The zero-order valence-corrected chi connectivity index (χ0v) is 17.3. The minimum atomic E-state index is -0.566. The maximum absolute atomic E-state index is 12.3. The fourth-order valence-electron chi connectivity index (χ4n) is 2.70. The van der Waals surface area contributed by atoms with E-state index in [9.17, 15) is 9.90 Å². The number of hydrazone groups is 1. The number of aromatic hydroxyl groups is 1. The lowest BCUT2D eigenvalue weighted by Gasteiger charge is -2.12. The fraction of sp³-hybridized carbons (Fsp3) is 0.130. The predicted molar refractivity (Wildman–Crippen MR) is 117 cm³/mol. The predicted octanol–water partition coefficient (Wildman–Crippen LogP) is 4.79. The van der Waals surface area contributed by atoms with Crippen LogP contribution in [0.5, 0.6) is 17.2 Å². The zero-order chi connectivity index (χ0) is 21.5. The van der Waals surface area contributed by atoms with Crippen molar-refractivity contribution in [2.24, 2.45) is 5.10 Å². The van der Waals surface area contributed by atoms with E-state index in [-0.39, 0.29) is 11.3 Å². The highest BCUT2D eigenvalue weighted by atomic mass is 35.5. The summed E-state index contributed by atoms with van der Waals surface area (Å²) in [5, 5.41) is 14.3. The van der Waals surface area contributed by atoms with Gasteiger partial charge in [-0.15, -0.1) is 0 Å². The van der Waals surface area contributed by atoms with E-state index in [2.05, 4.69) is 10.5 Å². The Hall–Kier alpha value is -3.51.